The average Bonchev–Trinajstić information content (AvgIpc) is 2.85. The van der Waals surface area contributed by atoms with Crippen molar-refractivity contribution in [3.05, 3.63) is 65.1 Å². The second kappa shape index (κ2) is 4.60. The standard InChI is InChI=1S/C17H15FN2O/c18-11-4-5-15-14(9-11)13-6-7-19-16(17(13)20-15)10-2-1-3-12(21)8-10/h1-5,8-9,16,19-21H,6-7H2. The molecule has 0 spiro atoms. The van der Waals surface area contributed by atoms with Crippen molar-refractivity contribution in [3.63, 3.8) is 0 Å². The van der Waals surface area contributed by atoms with E-state index in [1.165, 1.54) is 6.07 Å². The molecule has 0 amide bonds. The number of aromatic nitrogens is 1. The minimum atomic E-state index is -0.211. The van der Waals surface area contributed by atoms with E-state index in [1.807, 2.05) is 12.1 Å². The molecule has 4 rings (SSSR count). The highest BCUT2D eigenvalue weighted by molar-refractivity contribution is 5.85. The molecule has 1 aliphatic heterocycles. The third-order valence-electron chi connectivity index (χ3n) is 4.12. The normalized spacial score (nSPS) is 17.9. The molecular weight excluding hydrogens is 267 g/mol. The molecule has 0 saturated heterocycles. The summed E-state index contributed by atoms with van der Waals surface area (Å²) in [5.41, 5.74) is 4.18. The van der Waals surface area contributed by atoms with Crippen molar-refractivity contribution in [2.75, 3.05) is 6.54 Å². The highest BCUT2D eigenvalue weighted by Gasteiger charge is 2.25. The summed E-state index contributed by atoms with van der Waals surface area (Å²) in [6.45, 7) is 0.830. The quantitative estimate of drug-likeness (QED) is 0.641. The highest BCUT2D eigenvalue weighted by Crippen LogP contribution is 2.34. The number of phenolic OH excluding ortho intramolecular Hbond substituents is 1. The van der Waals surface area contributed by atoms with Crippen molar-refractivity contribution in [1.29, 1.82) is 0 Å². The van der Waals surface area contributed by atoms with Gasteiger partial charge in [0.1, 0.15) is 11.6 Å². The maximum absolute atomic E-state index is 13.5. The number of benzene rings is 2. The van der Waals surface area contributed by atoms with E-state index < -0.39 is 0 Å². The molecule has 0 radical (unpaired) electrons. The Hall–Kier alpha value is -2.33. The van der Waals surface area contributed by atoms with Crippen LogP contribution in [0.4, 0.5) is 4.39 Å². The van der Waals surface area contributed by atoms with Crippen molar-refractivity contribution < 1.29 is 9.50 Å². The van der Waals surface area contributed by atoms with Crippen LogP contribution in [0.3, 0.4) is 0 Å². The van der Waals surface area contributed by atoms with Gasteiger partial charge >= 0.3 is 0 Å². The number of aromatic amines is 1. The van der Waals surface area contributed by atoms with Crippen LogP contribution >= 0.6 is 0 Å². The average molecular weight is 282 g/mol. The predicted molar refractivity (Wildman–Crippen MR) is 79.9 cm³/mol. The summed E-state index contributed by atoms with van der Waals surface area (Å²) in [6.07, 6.45) is 0.869. The number of aromatic hydroxyl groups is 1. The Labute approximate surface area is 121 Å². The Morgan fingerprint density at radius 3 is 2.90 bits per heavy atom. The third kappa shape index (κ3) is 1.99. The van der Waals surface area contributed by atoms with E-state index in [0.717, 1.165) is 40.7 Å². The number of phenols is 1. The SMILES string of the molecule is Oc1cccc(C2NCCc3c2[nH]c2ccc(F)cc32)c1. The summed E-state index contributed by atoms with van der Waals surface area (Å²) in [5.74, 6) is 0.0420. The summed E-state index contributed by atoms with van der Waals surface area (Å²) >= 11 is 0. The fourth-order valence-corrected chi connectivity index (χ4v) is 3.19. The lowest BCUT2D eigenvalue weighted by atomic mass is 9.94. The Morgan fingerprint density at radius 2 is 2.05 bits per heavy atom. The van der Waals surface area contributed by atoms with Gasteiger partial charge in [-0.15, -0.1) is 0 Å². The number of halogens is 1. The maximum Gasteiger partial charge on any atom is 0.123 e. The molecule has 3 N–H and O–H groups in total. The second-order valence-electron chi connectivity index (χ2n) is 5.44. The molecule has 106 valence electrons. The van der Waals surface area contributed by atoms with Gasteiger partial charge < -0.3 is 15.4 Å². The van der Waals surface area contributed by atoms with Crippen LogP contribution in [0.25, 0.3) is 10.9 Å². The second-order valence-corrected chi connectivity index (χ2v) is 5.44. The Morgan fingerprint density at radius 1 is 1.14 bits per heavy atom. The lowest BCUT2D eigenvalue weighted by molar-refractivity contribution is 0.472. The number of rotatable bonds is 1. The zero-order chi connectivity index (χ0) is 14.4. The first-order valence-electron chi connectivity index (χ1n) is 7.05. The lowest BCUT2D eigenvalue weighted by Gasteiger charge is -2.24. The number of hydrogen-bond donors (Lipinski definition) is 3. The van der Waals surface area contributed by atoms with Crippen molar-refractivity contribution >= 4 is 10.9 Å². The van der Waals surface area contributed by atoms with Gasteiger partial charge in [0.05, 0.1) is 6.04 Å². The van der Waals surface area contributed by atoms with Gasteiger partial charge in [-0.1, -0.05) is 12.1 Å². The first-order chi connectivity index (χ1) is 10.2. The molecule has 4 heteroatoms. The van der Waals surface area contributed by atoms with Crippen LogP contribution in [-0.2, 0) is 6.42 Å². The smallest absolute Gasteiger partial charge is 0.123 e. The van der Waals surface area contributed by atoms with Crippen LogP contribution in [0, 0.1) is 5.82 Å². The fourth-order valence-electron chi connectivity index (χ4n) is 3.19. The zero-order valence-electron chi connectivity index (χ0n) is 11.4. The van der Waals surface area contributed by atoms with Gasteiger partial charge in [0.2, 0.25) is 0 Å². The van der Waals surface area contributed by atoms with Gasteiger partial charge in [0.15, 0.2) is 0 Å². The van der Waals surface area contributed by atoms with E-state index >= 15 is 0 Å². The molecule has 2 aromatic carbocycles. The minimum Gasteiger partial charge on any atom is -0.508 e. The fraction of sp³-hybridized carbons (Fsp3) is 0.176. The molecular formula is C17H15FN2O. The molecule has 1 unspecified atom stereocenters. The van der Waals surface area contributed by atoms with Crippen LogP contribution in [-0.4, -0.2) is 16.6 Å². The van der Waals surface area contributed by atoms with Gasteiger partial charge in [0, 0.05) is 23.1 Å². The number of hydrogen-bond acceptors (Lipinski definition) is 2. The Kier molecular flexibility index (Phi) is 2.72. The highest BCUT2D eigenvalue weighted by atomic mass is 19.1. The van der Waals surface area contributed by atoms with E-state index in [2.05, 4.69) is 10.3 Å². The van der Waals surface area contributed by atoms with Crippen LogP contribution in [0.2, 0.25) is 0 Å². The van der Waals surface area contributed by atoms with Gasteiger partial charge in [-0.05, 0) is 47.9 Å². The largest absolute Gasteiger partial charge is 0.508 e. The van der Waals surface area contributed by atoms with E-state index in [-0.39, 0.29) is 17.6 Å². The minimum absolute atomic E-state index is 0.00342. The number of H-pyrrole nitrogens is 1. The molecule has 3 nitrogen and oxygen atoms in total. The van der Waals surface area contributed by atoms with Crippen LogP contribution in [0.1, 0.15) is 22.9 Å². The lowest BCUT2D eigenvalue weighted by Crippen LogP contribution is -2.30. The summed E-state index contributed by atoms with van der Waals surface area (Å²) in [4.78, 5) is 3.40. The molecule has 2 heterocycles. The van der Waals surface area contributed by atoms with Gasteiger partial charge in [-0.2, -0.15) is 0 Å². The summed E-state index contributed by atoms with van der Waals surface area (Å²) in [5, 5.41) is 14.1. The van der Waals surface area contributed by atoms with E-state index in [4.69, 9.17) is 0 Å². The maximum atomic E-state index is 13.5. The molecule has 0 aliphatic carbocycles. The molecule has 21 heavy (non-hydrogen) atoms. The first-order valence-corrected chi connectivity index (χ1v) is 7.05. The molecule has 0 fully saturated rings. The zero-order valence-corrected chi connectivity index (χ0v) is 11.4. The van der Waals surface area contributed by atoms with Gasteiger partial charge in [0.25, 0.3) is 0 Å². The number of fused-ring (bicyclic) bond motifs is 3. The first kappa shape index (κ1) is 12.4. The Balaban J connectivity index is 1.90. The molecule has 0 bridgehead atoms. The van der Waals surface area contributed by atoms with Crippen LogP contribution < -0.4 is 5.32 Å². The van der Waals surface area contributed by atoms with Gasteiger partial charge in [-0.3, -0.25) is 0 Å². The molecule has 1 aliphatic rings. The van der Waals surface area contributed by atoms with Crippen molar-refractivity contribution in [2.45, 2.75) is 12.5 Å². The molecule has 0 saturated carbocycles. The predicted octanol–water partition coefficient (Wildman–Crippen LogP) is 3.25. The topological polar surface area (TPSA) is 48.0 Å². The number of nitrogens with one attached hydrogen (secondary N) is 2. The monoisotopic (exact) mass is 282 g/mol. The van der Waals surface area contributed by atoms with Crippen molar-refractivity contribution in [1.82, 2.24) is 10.3 Å². The summed E-state index contributed by atoms with van der Waals surface area (Å²) in [7, 11) is 0. The van der Waals surface area contributed by atoms with Crippen molar-refractivity contribution in [2.24, 2.45) is 0 Å². The summed E-state index contributed by atoms with van der Waals surface area (Å²) < 4.78 is 13.5. The molecule has 3 aromatic rings. The van der Waals surface area contributed by atoms with E-state index in [0.29, 0.717) is 0 Å². The Bertz CT molecular complexity index is 825. The van der Waals surface area contributed by atoms with Gasteiger partial charge in [-0.25, -0.2) is 4.39 Å². The molecule has 1 aromatic heterocycles. The van der Waals surface area contributed by atoms with Crippen LogP contribution in [0.15, 0.2) is 42.5 Å². The third-order valence-corrected chi connectivity index (χ3v) is 4.12. The van der Waals surface area contributed by atoms with Crippen molar-refractivity contribution in [3.8, 4) is 5.75 Å². The summed E-state index contributed by atoms with van der Waals surface area (Å²) in [6, 6.07) is 12.1. The van der Waals surface area contributed by atoms with E-state index in [9.17, 15) is 9.50 Å². The van der Waals surface area contributed by atoms with Crippen LogP contribution in [0.5, 0.6) is 5.75 Å². The molecule has 1 atom stereocenters. The van der Waals surface area contributed by atoms with E-state index in [1.54, 1.807) is 24.3 Å².